The van der Waals surface area contributed by atoms with Gasteiger partial charge in [-0.1, -0.05) is 45.9 Å². The maximum Gasteiger partial charge on any atom is 0.0705 e. The van der Waals surface area contributed by atoms with Gasteiger partial charge in [0.2, 0.25) is 0 Å². The molecule has 0 saturated heterocycles. The molecular weight excluding hydrogens is 232 g/mol. The van der Waals surface area contributed by atoms with Crippen molar-refractivity contribution in [3.8, 4) is 0 Å². The Morgan fingerprint density at radius 2 is 1.95 bits per heavy atom. The summed E-state index contributed by atoms with van der Waals surface area (Å²) in [6.45, 7) is 10.0. The van der Waals surface area contributed by atoms with Crippen LogP contribution in [0.2, 0.25) is 0 Å². The van der Waals surface area contributed by atoms with E-state index >= 15 is 0 Å². The number of nitrogens with one attached hydrogen (secondary N) is 1. The van der Waals surface area contributed by atoms with Crippen LogP contribution in [0.5, 0.6) is 0 Å². The number of benzene rings is 1. The van der Waals surface area contributed by atoms with E-state index in [4.69, 9.17) is 0 Å². The standard InChI is InChI=1S/C17H24N2/c1-5-18-17(13(4)12(2)3)15-9-8-14-7-6-10-19-16(14)11-15/h6-13,17-18H,5H2,1-4H3. The molecular formula is C17H24N2. The van der Waals surface area contributed by atoms with E-state index in [-0.39, 0.29) is 0 Å². The number of rotatable bonds is 5. The van der Waals surface area contributed by atoms with E-state index in [1.807, 2.05) is 12.3 Å². The molecule has 0 amide bonds. The van der Waals surface area contributed by atoms with Crippen LogP contribution in [0, 0.1) is 11.8 Å². The van der Waals surface area contributed by atoms with Gasteiger partial charge < -0.3 is 5.32 Å². The van der Waals surface area contributed by atoms with Crippen LogP contribution in [0.25, 0.3) is 10.9 Å². The number of hydrogen-bond donors (Lipinski definition) is 1. The molecule has 2 atom stereocenters. The first-order valence-corrected chi connectivity index (χ1v) is 7.21. The lowest BCUT2D eigenvalue weighted by Crippen LogP contribution is -2.29. The molecule has 0 fully saturated rings. The molecule has 0 radical (unpaired) electrons. The second-order valence-corrected chi connectivity index (χ2v) is 5.59. The van der Waals surface area contributed by atoms with Crippen molar-refractivity contribution < 1.29 is 0 Å². The van der Waals surface area contributed by atoms with Crippen LogP contribution in [-0.4, -0.2) is 11.5 Å². The zero-order valence-electron chi connectivity index (χ0n) is 12.4. The predicted molar refractivity (Wildman–Crippen MR) is 82.2 cm³/mol. The summed E-state index contributed by atoms with van der Waals surface area (Å²) in [6.07, 6.45) is 1.86. The van der Waals surface area contributed by atoms with Crippen molar-refractivity contribution in [3.63, 3.8) is 0 Å². The van der Waals surface area contributed by atoms with Crippen molar-refractivity contribution in [2.24, 2.45) is 11.8 Å². The molecule has 0 bridgehead atoms. The van der Waals surface area contributed by atoms with Gasteiger partial charge in [0, 0.05) is 17.6 Å². The number of fused-ring (bicyclic) bond motifs is 1. The Bertz CT molecular complexity index is 534. The summed E-state index contributed by atoms with van der Waals surface area (Å²) in [7, 11) is 0. The first kappa shape index (κ1) is 14.0. The Kier molecular flexibility index (Phi) is 4.54. The Hall–Kier alpha value is -1.41. The number of hydrogen-bond acceptors (Lipinski definition) is 2. The third-order valence-electron chi connectivity index (χ3n) is 3.99. The number of nitrogens with zero attached hydrogens (tertiary/aromatic N) is 1. The van der Waals surface area contributed by atoms with Gasteiger partial charge in [0.1, 0.15) is 0 Å². The molecule has 1 aromatic carbocycles. The van der Waals surface area contributed by atoms with Gasteiger partial charge in [-0.2, -0.15) is 0 Å². The molecule has 0 spiro atoms. The average Bonchev–Trinajstić information content (AvgIpc) is 2.43. The van der Waals surface area contributed by atoms with Gasteiger partial charge >= 0.3 is 0 Å². The van der Waals surface area contributed by atoms with Crippen molar-refractivity contribution in [2.75, 3.05) is 6.54 Å². The second kappa shape index (κ2) is 6.16. The van der Waals surface area contributed by atoms with Gasteiger partial charge in [0.15, 0.2) is 0 Å². The SMILES string of the molecule is CCNC(c1ccc2cccnc2c1)C(C)C(C)C. The summed E-state index contributed by atoms with van der Waals surface area (Å²) in [4.78, 5) is 4.46. The van der Waals surface area contributed by atoms with Crippen molar-refractivity contribution in [1.82, 2.24) is 10.3 Å². The molecule has 19 heavy (non-hydrogen) atoms. The molecule has 1 heterocycles. The van der Waals surface area contributed by atoms with Crippen molar-refractivity contribution >= 4 is 10.9 Å². The highest BCUT2D eigenvalue weighted by atomic mass is 14.9. The van der Waals surface area contributed by atoms with E-state index < -0.39 is 0 Å². The summed E-state index contributed by atoms with van der Waals surface area (Å²) in [5, 5.41) is 4.82. The minimum Gasteiger partial charge on any atom is -0.310 e. The van der Waals surface area contributed by atoms with E-state index in [0.29, 0.717) is 17.9 Å². The molecule has 2 heteroatoms. The van der Waals surface area contributed by atoms with Gasteiger partial charge in [0.05, 0.1) is 5.52 Å². The summed E-state index contributed by atoms with van der Waals surface area (Å²) >= 11 is 0. The first-order valence-electron chi connectivity index (χ1n) is 7.21. The first-order chi connectivity index (χ1) is 9.13. The molecule has 0 saturated carbocycles. The van der Waals surface area contributed by atoms with E-state index in [0.717, 1.165) is 12.1 Å². The Balaban J connectivity index is 2.38. The molecule has 2 aromatic rings. The molecule has 2 unspecified atom stereocenters. The third-order valence-corrected chi connectivity index (χ3v) is 3.99. The maximum atomic E-state index is 4.46. The summed E-state index contributed by atoms with van der Waals surface area (Å²) in [5.41, 5.74) is 2.42. The van der Waals surface area contributed by atoms with Crippen LogP contribution in [0.4, 0.5) is 0 Å². The zero-order valence-corrected chi connectivity index (χ0v) is 12.4. The fourth-order valence-electron chi connectivity index (χ4n) is 2.49. The van der Waals surface area contributed by atoms with Crippen LogP contribution in [0.1, 0.15) is 39.3 Å². The van der Waals surface area contributed by atoms with Crippen LogP contribution in [-0.2, 0) is 0 Å². The summed E-state index contributed by atoms with van der Waals surface area (Å²) < 4.78 is 0. The largest absolute Gasteiger partial charge is 0.310 e. The number of pyridine rings is 1. The fourth-order valence-corrected chi connectivity index (χ4v) is 2.49. The molecule has 102 valence electrons. The van der Waals surface area contributed by atoms with Gasteiger partial charge in [-0.3, -0.25) is 4.98 Å². The lowest BCUT2D eigenvalue weighted by molar-refractivity contribution is 0.307. The van der Waals surface area contributed by atoms with E-state index in [1.54, 1.807) is 0 Å². The molecule has 1 N–H and O–H groups in total. The minimum absolute atomic E-state index is 0.399. The average molecular weight is 256 g/mol. The van der Waals surface area contributed by atoms with E-state index in [2.05, 4.69) is 62.3 Å². The molecule has 2 nitrogen and oxygen atoms in total. The summed E-state index contributed by atoms with van der Waals surface area (Å²) in [5.74, 6) is 1.25. The third kappa shape index (κ3) is 3.13. The number of aromatic nitrogens is 1. The maximum absolute atomic E-state index is 4.46. The van der Waals surface area contributed by atoms with Gasteiger partial charge in [-0.25, -0.2) is 0 Å². The molecule has 0 aliphatic carbocycles. The monoisotopic (exact) mass is 256 g/mol. The topological polar surface area (TPSA) is 24.9 Å². The second-order valence-electron chi connectivity index (χ2n) is 5.59. The smallest absolute Gasteiger partial charge is 0.0705 e. The summed E-state index contributed by atoms with van der Waals surface area (Å²) in [6, 6.07) is 11.1. The lowest BCUT2D eigenvalue weighted by atomic mass is 9.85. The quantitative estimate of drug-likeness (QED) is 0.868. The van der Waals surface area contributed by atoms with E-state index in [9.17, 15) is 0 Å². The highest BCUT2D eigenvalue weighted by Crippen LogP contribution is 2.29. The van der Waals surface area contributed by atoms with Gasteiger partial charge in [0.25, 0.3) is 0 Å². The Morgan fingerprint density at radius 1 is 1.16 bits per heavy atom. The zero-order chi connectivity index (χ0) is 13.8. The normalized spacial score (nSPS) is 14.8. The van der Waals surface area contributed by atoms with Crippen molar-refractivity contribution in [3.05, 3.63) is 42.1 Å². The molecule has 0 aliphatic heterocycles. The Labute approximate surface area is 116 Å². The highest BCUT2D eigenvalue weighted by Gasteiger charge is 2.21. The molecule has 2 rings (SSSR count). The van der Waals surface area contributed by atoms with Crippen LogP contribution in [0.15, 0.2) is 36.5 Å². The molecule has 1 aromatic heterocycles. The van der Waals surface area contributed by atoms with E-state index in [1.165, 1.54) is 10.9 Å². The highest BCUT2D eigenvalue weighted by molar-refractivity contribution is 5.79. The van der Waals surface area contributed by atoms with Crippen LogP contribution < -0.4 is 5.32 Å². The lowest BCUT2D eigenvalue weighted by Gasteiger charge is -2.28. The van der Waals surface area contributed by atoms with Crippen molar-refractivity contribution in [1.29, 1.82) is 0 Å². The van der Waals surface area contributed by atoms with Crippen LogP contribution in [0.3, 0.4) is 0 Å². The Morgan fingerprint density at radius 3 is 2.63 bits per heavy atom. The van der Waals surface area contributed by atoms with Gasteiger partial charge in [-0.05, 0) is 36.1 Å². The van der Waals surface area contributed by atoms with Crippen LogP contribution >= 0.6 is 0 Å². The fraction of sp³-hybridized carbons (Fsp3) is 0.471. The van der Waals surface area contributed by atoms with Gasteiger partial charge in [-0.15, -0.1) is 0 Å². The minimum atomic E-state index is 0.399. The predicted octanol–water partition coefficient (Wildman–Crippen LogP) is 4.18. The van der Waals surface area contributed by atoms with Crippen molar-refractivity contribution in [2.45, 2.75) is 33.7 Å². The molecule has 0 aliphatic rings.